The lowest BCUT2D eigenvalue weighted by Crippen LogP contribution is -2.44. The quantitative estimate of drug-likeness (QED) is 0.132. The van der Waals surface area contributed by atoms with Crippen LogP contribution in [0.25, 0.3) is 10.9 Å². The molecule has 13 heteroatoms. The second-order valence-electron chi connectivity index (χ2n) is 11.2. The van der Waals surface area contributed by atoms with Crippen molar-refractivity contribution in [1.82, 2.24) is 24.7 Å². The Morgan fingerprint density at radius 3 is 2.27 bits per heavy atom. The van der Waals surface area contributed by atoms with Gasteiger partial charge in [-0.1, -0.05) is 77.1 Å². The lowest BCUT2D eigenvalue weighted by molar-refractivity contribution is -0.801. The molecule has 11 nitrogen and oxygen atoms in total. The van der Waals surface area contributed by atoms with Crippen molar-refractivity contribution in [1.29, 1.82) is 0 Å². The summed E-state index contributed by atoms with van der Waals surface area (Å²) in [5.74, 6) is -0.620. The fraction of sp³-hybridized carbons (Fsp3) is 0.200. The molecule has 0 fully saturated rings. The van der Waals surface area contributed by atoms with Gasteiger partial charge < -0.3 is 14.4 Å². The van der Waals surface area contributed by atoms with Crippen LogP contribution in [0.15, 0.2) is 109 Å². The van der Waals surface area contributed by atoms with Gasteiger partial charge in [0.2, 0.25) is 10.0 Å². The fourth-order valence-corrected chi connectivity index (χ4v) is 7.04. The molecular weight excluding hydrogens is 652 g/mol. The highest BCUT2D eigenvalue weighted by molar-refractivity contribution is 7.89. The number of carboxylic acid groups (broad SMARTS) is 1. The van der Waals surface area contributed by atoms with E-state index in [0.717, 1.165) is 33.3 Å². The van der Waals surface area contributed by atoms with Gasteiger partial charge in [-0.05, 0) is 69.5 Å². The summed E-state index contributed by atoms with van der Waals surface area (Å²) in [6.07, 6.45) is 2.20. The van der Waals surface area contributed by atoms with Crippen molar-refractivity contribution in [3.05, 3.63) is 142 Å². The van der Waals surface area contributed by atoms with Gasteiger partial charge in [0.25, 0.3) is 6.33 Å². The first-order valence-electron chi connectivity index (χ1n) is 15.4. The summed E-state index contributed by atoms with van der Waals surface area (Å²) in [4.78, 5) is 12.7. The number of nitrogens with one attached hydrogen (secondary N) is 2. The van der Waals surface area contributed by atoms with Crippen LogP contribution in [-0.4, -0.2) is 58.4 Å². The van der Waals surface area contributed by atoms with Crippen LogP contribution >= 0.6 is 11.6 Å². The lowest BCUT2D eigenvalue weighted by atomic mass is 9.97. The van der Waals surface area contributed by atoms with Gasteiger partial charge in [0.1, 0.15) is 11.5 Å². The highest BCUT2D eigenvalue weighted by atomic mass is 35.5. The number of hydrogen-bond acceptors (Lipinski definition) is 6. The number of ether oxygens (including phenoxy) is 1. The van der Waals surface area contributed by atoms with Crippen LogP contribution < -0.4 is 14.3 Å². The van der Waals surface area contributed by atoms with Gasteiger partial charge in [0.05, 0.1) is 23.3 Å². The Balaban J connectivity index is 1.38. The molecule has 0 radical (unpaired) electrons. The summed E-state index contributed by atoms with van der Waals surface area (Å²) in [6.45, 7) is 0.592. The van der Waals surface area contributed by atoms with Crippen LogP contribution in [-0.2, 0) is 29.4 Å². The minimum atomic E-state index is -3.63. The summed E-state index contributed by atoms with van der Waals surface area (Å²) in [5, 5.41) is 21.1. The van der Waals surface area contributed by atoms with Gasteiger partial charge in [0.15, 0.2) is 6.54 Å². The van der Waals surface area contributed by atoms with E-state index in [4.69, 9.17) is 16.3 Å². The molecule has 0 aliphatic rings. The van der Waals surface area contributed by atoms with Crippen molar-refractivity contribution < 1.29 is 27.9 Å². The van der Waals surface area contributed by atoms with Crippen LogP contribution in [0.5, 0.6) is 5.75 Å². The van der Waals surface area contributed by atoms with E-state index >= 15 is 0 Å². The molecule has 0 unspecified atom stereocenters. The summed E-state index contributed by atoms with van der Waals surface area (Å²) < 4.78 is 37.2. The van der Waals surface area contributed by atoms with Crippen molar-refractivity contribution in [2.45, 2.75) is 25.4 Å². The van der Waals surface area contributed by atoms with Gasteiger partial charge in [-0.15, -0.1) is 0 Å². The van der Waals surface area contributed by atoms with E-state index in [1.165, 1.54) is 23.3 Å². The normalized spacial score (nSPS) is 11.7. The Labute approximate surface area is 282 Å². The van der Waals surface area contributed by atoms with E-state index in [0.29, 0.717) is 30.2 Å². The van der Waals surface area contributed by atoms with E-state index < -0.39 is 16.0 Å². The second-order valence-corrected chi connectivity index (χ2v) is 13.5. The Bertz CT molecular complexity index is 2050. The maximum absolute atomic E-state index is 13.0. The van der Waals surface area contributed by atoms with Crippen molar-refractivity contribution >= 4 is 38.5 Å². The molecular formula is C35H34ClN6O5S+. The predicted octanol–water partition coefficient (Wildman–Crippen LogP) is 4.82. The number of benzene rings is 4. The lowest BCUT2D eigenvalue weighted by Gasteiger charge is -2.25. The number of rotatable bonds is 15. The number of aromatic amines is 1. The molecule has 0 spiro atoms. The number of carboxylic acids is 1. The molecule has 2 heterocycles. The third kappa shape index (κ3) is 7.73. The maximum Gasteiger partial charge on any atom is 0.335 e. The summed E-state index contributed by atoms with van der Waals surface area (Å²) >= 11 is 6.58. The topological polar surface area (TPSA) is 143 Å². The summed E-state index contributed by atoms with van der Waals surface area (Å²) in [7, 11) is -3.63. The zero-order chi connectivity index (χ0) is 33.5. The van der Waals surface area contributed by atoms with Crippen LogP contribution in [0, 0.1) is 0 Å². The molecule has 0 saturated carbocycles. The molecule has 0 atom stereocenters. The van der Waals surface area contributed by atoms with Crippen LogP contribution in [0.2, 0.25) is 5.02 Å². The van der Waals surface area contributed by atoms with Crippen molar-refractivity contribution in [2.24, 2.45) is 0 Å². The Hall–Kier alpha value is -5.04. The summed E-state index contributed by atoms with van der Waals surface area (Å²) in [6, 6.07) is 32.3. The Kier molecular flexibility index (Phi) is 10.1. The van der Waals surface area contributed by atoms with E-state index in [1.807, 2.05) is 54.6 Å². The molecule has 6 rings (SSSR count). The van der Waals surface area contributed by atoms with Gasteiger partial charge in [-0.2, -0.15) is 0 Å². The minimum Gasteiger partial charge on any atom is -0.493 e. The van der Waals surface area contributed by atoms with E-state index in [2.05, 4.69) is 49.0 Å². The molecule has 2 aromatic heterocycles. The number of tetrazole rings is 1. The average Bonchev–Trinajstić information content (AvgIpc) is 3.72. The molecule has 6 aromatic rings. The van der Waals surface area contributed by atoms with Gasteiger partial charge in [0, 0.05) is 41.0 Å². The fourth-order valence-electron chi connectivity index (χ4n) is 5.90. The molecule has 0 saturated heterocycles. The van der Waals surface area contributed by atoms with Gasteiger partial charge in [-0.25, -0.2) is 17.9 Å². The third-order valence-corrected chi connectivity index (χ3v) is 9.67. The SMILES string of the molecule is O=C(O)c1ccc(OCCc2c(CCNS(=O)(=O)CC[n+]3ncn[nH]3)n(C(c3ccccc3)c3ccccc3)c3ccc(Cl)cc23)cc1. The largest absolute Gasteiger partial charge is 0.493 e. The van der Waals surface area contributed by atoms with Crippen molar-refractivity contribution in [2.75, 3.05) is 18.9 Å². The standard InChI is InChI=1S/C35H33ClN6O5S/c36-28-13-16-32-31(23-28)30(18-21-47-29-14-11-27(12-15-29)35(43)44)33(17-19-39-48(45,46)22-20-41-38-24-37-40-41)42(32)34(25-7-3-1-4-8-25)26-9-5-2-6-10-26/h1-16,23-24,34,39H,17-22H2,(H,43,44)/p+1. The molecule has 0 bridgehead atoms. The van der Waals surface area contributed by atoms with E-state index in [-0.39, 0.29) is 30.4 Å². The molecule has 0 aliphatic carbocycles. The van der Waals surface area contributed by atoms with Crippen LogP contribution in [0.4, 0.5) is 0 Å². The number of aromatic carboxylic acids is 1. The number of hydrogen-bond donors (Lipinski definition) is 3. The molecule has 48 heavy (non-hydrogen) atoms. The van der Waals surface area contributed by atoms with Crippen LogP contribution in [0.3, 0.4) is 0 Å². The van der Waals surface area contributed by atoms with Crippen molar-refractivity contribution in [3.63, 3.8) is 0 Å². The number of fused-ring (bicyclic) bond motifs is 1. The monoisotopic (exact) mass is 685 g/mol. The first kappa shape index (κ1) is 32.9. The number of sulfonamides is 1. The molecule has 3 N–H and O–H groups in total. The highest BCUT2D eigenvalue weighted by Gasteiger charge is 2.26. The third-order valence-electron chi connectivity index (χ3n) is 8.07. The zero-order valence-electron chi connectivity index (χ0n) is 25.9. The van der Waals surface area contributed by atoms with Crippen LogP contribution in [0.1, 0.15) is 38.8 Å². The number of nitrogens with zero attached hydrogens (tertiary/aromatic N) is 4. The number of carbonyl (C=O) groups is 1. The van der Waals surface area contributed by atoms with Gasteiger partial charge in [-0.3, -0.25) is 0 Å². The number of aromatic nitrogens is 5. The second kappa shape index (κ2) is 14.8. The summed E-state index contributed by atoms with van der Waals surface area (Å²) in [5.41, 5.74) is 5.21. The zero-order valence-corrected chi connectivity index (χ0v) is 27.4. The van der Waals surface area contributed by atoms with Crippen molar-refractivity contribution in [3.8, 4) is 5.75 Å². The molecule has 246 valence electrons. The molecule has 0 amide bonds. The predicted molar refractivity (Wildman–Crippen MR) is 182 cm³/mol. The smallest absolute Gasteiger partial charge is 0.335 e. The molecule has 0 aliphatic heterocycles. The number of aryl methyl sites for hydroxylation is 1. The first-order valence-corrected chi connectivity index (χ1v) is 17.4. The van der Waals surface area contributed by atoms with E-state index in [1.54, 1.807) is 12.1 Å². The average molecular weight is 686 g/mol. The Morgan fingerprint density at radius 2 is 1.65 bits per heavy atom. The van der Waals surface area contributed by atoms with Gasteiger partial charge >= 0.3 is 5.97 Å². The first-order chi connectivity index (χ1) is 23.3. The number of H-pyrrole nitrogens is 1. The molecule has 4 aromatic carbocycles. The minimum absolute atomic E-state index is 0.133. The highest BCUT2D eigenvalue weighted by Crippen LogP contribution is 2.37. The maximum atomic E-state index is 13.0. The van der Waals surface area contributed by atoms with E-state index in [9.17, 15) is 18.3 Å². The Morgan fingerprint density at radius 1 is 0.958 bits per heavy atom. The number of halogens is 1.